The first-order chi connectivity index (χ1) is 11.7. The van der Waals surface area contributed by atoms with Crippen LogP contribution in [-0.4, -0.2) is 23.0 Å². The second-order valence-corrected chi connectivity index (χ2v) is 5.78. The number of nitrogens with zero attached hydrogens (tertiary/aromatic N) is 2. The molecule has 124 valence electrons. The van der Waals surface area contributed by atoms with E-state index in [1.165, 1.54) is 0 Å². The zero-order chi connectivity index (χ0) is 16.5. The smallest absolute Gasteiger partial charge is 0.231 e. The normalized spacial score (nSPS) is 12.7. The van der Waals surface area contributed by atoms with E-state index in [1.807, 2.05) is 43.3 Å². The predicted molar refractivity (Wildman–Crippen MR) is 91.6 cm³/mol. The Balaban J connectivity index is 1.44. The fourth-order valence-electron chi connectivity index (χ4n) is 2.89. The molecule has 0 radical (unpaired) electrons. The van der Waals surface area contributed by atoms with Crippen molar-refractivity contribution in [1.29, 1.82) is 0 Å². The topological polar surface area (TPSA) is 71.5 Å². The van der Waals surface area contributed by atoms with Gasteiger partial charge in [0, 0.05) is 24.4 Å². The van der Waals surface area contributed by atoms with E-state index in [4.69, 9.17) is 19.9 Å². The fourth-order valence-corrected chi connectivity index (χ4v) is 2.89. The Morgan fingerprint density at radius 3 is 2.71 bits per heavy atom. The van der Waals surface area contributed by atoms with Gasteiger partial charge in [-0.15, -0.1) is 0 Å². The lowest BCUT2D eigenvalue weighted by Gasteiger charge is -2.09. The molecule has 3 aromatic rings. The number of hydrogen-bond acceptors (Lipinski definition) is 5. The number of ether oxygens (including phenoxy) is 3. The van der Waals surface area contributed by atoms with Gasteiger partial charge in [-0.2, -0.15) is 0 Å². The number of aromatic nitrogens is 2. The molecule has 0 saturated heterocycles. The van der Waals surface area contributed by atoms with E-state index < -0.39 is 0 Å². The highest BCUT2D eigenvalue weighted by Gasteiger charge is 2.17. The zero-order valence-electron chi connectivity index (χ0n) is 13.5. The first-order valence-corrected chi connectivity index (χ1v) is 7.95. The largest absolute Gasteiger partial charge is 0.494 e. The summed E-state index contributed by atoms with van der Waals surface area (Å²) in [6, 6.07) is 11.4. The molecule has 0 fully saturated rings. The summed E-state index contributed by atoms with van der Waals surface area (Å²) < 4.78 is 18.8. The molecular weight excluding hydrogens is 306 g/mol. The van der Waals surface area contributed by atoms with Gasteiger partial charge in [0.1, 0.15) is 11.6 Å². The molecule has 0 atom stereocenters. The van der Waals surface area contributed by atoms with Crippen LogP contribution in [0.3, 0.4) is 0 Å². The molecule has 2 aromatic carbocycles. The molecule has 4 rings (SSSR count). The van der Waals surface area contributed by atoms with Gasteiger partial charge in [0.15, 0.2) is 11.5 Å². The first-order valence-electron chi connectivity index (χ1n) is 7.95. The van der Waals surface area contributed by atoms with Crippen molar-refractivity contribution in [1.82, 2.24) is 9.55 Å². The van der Waals surface area contributed by atoms with Crippen molar-refractivity contribution in [2.75, 3.05) is 19.1 Å². The number of hydrogen-bond donors (Lipinski definition) is 1. The first kappa shape index (κ1) is 14.7. The molecule has 1 aliphatic heterocycles. The van der Waals surface area contributed by atoms with Crippen molar-refractivity contribution < 1.29 is 14.2 Å². The summed E-state index contributed by atoms with van der Waals surface area (Å²) in [5.41, 5.74) is 8.39. The lowest BCUT2D eigenvalue weighted by Crippen LogP contribution is -2.06. The van der Waals surface area contributed by atoms with Crippen LogP contribution in [0.5, 0.6) is 17.2 Å². The van der Waals surface area contributed by atoms with Crippen LogP contribution >= 0.6 is 0 Å². The van der Waals surface area contributed by atoms with Crippen molar-refractivity contribution in [3.05, 3.63) is 42.2 Å². The lowest BCUT2D eigenvalue weighted by molar-refractivity contribution is 0.174. The van der Waals surface area contributed by atoms with Gasteiger partial charge in [0.05, 0.1) is 17.6 Å². The Morgan fingerprint density at radius 1 is 1.17 bits per heavy atom. The Morgan fingerprint density at radius 2 is 1.92 bits per heavy atom. The van der Waals surface area contributed by atoms with E-state index in [0.717, 1.165) is 52.8 Å². The molecule has 0 saturated carbocycles. The Hall–Kier alpha value is -2.89. The summed E-state index contributed by atoms with van der Waals surface area (Å²) in [6.45, 7) is 3.74. The maximum Gasteiger partial charge on any atom is 0.231 e. The van der Waals surface area contributed by atoms with Crippen LogP contribution in [-0.2, 0) is 6.54 Å². The third-order valence-electron chi connectivity index (χ3n) is 4.11. The summed E-state index contributed by atoms with van der Waals surface area (Å²) >= 11 is 0. The van der Waals surface area contributed by atoms with Gasteiger partial charge in [0.25, 0.3) is 0 Å². The maximum absolute atomic E-state index is 5.75. The summed E-state index contributed by atoms with van der Waals surface area (Å²) in [5, 5.41) is 0. The molecule has 0 spiro atoms. The monoisotopic (exact) mass is 325 g/mol. The van der Waals surface area contributed by atoms with E-state index in [9.17, 15) is 0 Å². The zero-order valence-corrected chi connectivity index (χ0v) is 13.5. The summed E-state index contributed by atoms with van der Waals surface area (Å²) in [6.07, 6.45) is 0.880. The molecule has 0 unspecified atom stereocenters. The second-order valence-electron chi connectivity index (χ2n) is 5.78. The predicted octanol–water partition coefficient (Wildman–Crippen LogP) is 3.12. The number of imidazole rings is 1. The van der Waals surface area contributed by atoms with Crippen molar-refractivity contribution >= 4 is 16.7 Å². The molecule has 2 heterocycles. The lowest BCUT2D eigenvalue weighted by atomic mass is 10.2. The van der Waals surface area contributed by atoms with Crippen molar-refractivity contribution in [3.8, 4) is 17.2 Å². The molecular formula is C18H19N3O3. The van der Waals surface area contributed by atoms with Crippen LogP contribution in [0.15, 0.2) is 36.4 Å². The van der Waals surface area contributed by atoms with Gasteiger partial charge >= 0.3 is 0 Å². The van der Waals surface area contributed by atoms with Gasteiger partial charge in [-0.05, 0) is 37.6 Å². The van der Waals surface area contributed by atoms with E-state index in [-0.39, 0.29) is 6.79 Å². The van der Waals surface area contributed by atoms with Crippen molar-refractivity contribution in [2.45, 2.75) is 19.9 Å². The van der Waals surface area contributed by atoms with Crippen LogP contribution in [0.2, 0.25) is 0 Å². The Bertz CT molecular complexity index is 871. The SMILES string of the molecule is Cc1nc2cc3c(cc2n1CCCOc1ccc(N)cc1)OCO3. The van der Waals surface area contributed by atoms with Gasteiger partial charge in [-0.3, -0.25) is 0 Å². The molecule has 0 bridgehead atoms. The van der Waals surface area contributed by atoms with Gasteiger partial charge in [-0.1, -0.05) is 0 Å². The van der Waals surface area contributed by atoms with Crippen LogP contribution in [0.25, 0.3) is 11.0 Å². The number of aryl methyl sites for hydroxylation is 2. The number of rotatable bonds is 5. The fraction of sp³-hybridized carbons (Fsp3) is 0.278. The van der Waals surface area contributed by atoms with Gasteiger partial charge < -0.3 is 24.5 Å². The molecule has 1 aromatic heterocycles. The summed E-state index contributed by atoms with van der Waals surface area (Å²) in [4.78, 5) is 4.61. The third-order valence-corrected chi connectivity index (χ3v) is 4.11. The van der Waals surface area contributed by atoms with Crippen LogP contribution in [0.1, 0.15) is 12.2 Å². The highest BCUT2D eigenvalue weighted by Crippen LogP contribution is 2.36. The number of fused-ring (bicyclic) bond motifs is 2. The van der Waals surface area contributed by atoms with Crippen LogP contribution < -0.4 is 19.9 Å². The minimum atomic E-state index is 0.274. The molecule has 0 aliphatic carbocycles. The van der Waals surface area contributed by atoms with Gasteiger partial charge in [0.2, 0.25) is 6.79 Å². The molecule has 6 heteroatoms. The molecule has 1 aliphatic rings. The van der Waals surface area contributed by atoms with E-state index in [2.05, 4.69) is 9.55 Å². The average Bonchev–Trinajstić information content (AvgIpc) is 3.14. The van der Waals surface area contributed by atoms with Crippen LogP contribution in [0.4, 0.5) is 5.69 Å². The molecule has 24 heavy (non-hydrogen) atoms. The Kier molecular flexibility index (Phi) is 3.65. The second kappa shape index (κ2) is 5.96. The van der Waals surface area contributed by atoms with E-state index in [1.54, 1.807) is 0 Å². The van der Waals surface area contributed by atoms with E-state index in [0.29, 0.717) is 6.61 Å². The average molecular weight is 325 g/mol. The third kappa shape index (κ3) is 2.71. The number of nitrogen functional groups attached to an aromatic ring is 1. The minimum Gasteiger partial charge on any atom is -0.494 e. The minimum absolute atomic E-state index is 0.274. The summed E-state index contributed by atoms with van der Waals surface area (Å²) in [5.74, 6) is 3.35. The van der Waals surface area contributed by atoms with Crippen LogP contribution in [0, 0.1) is 6.92 Å². The maximum atomic E-state index is 5.75. The number of nitrogens with two attached hydrogens (primary N) is 1. The molecule has 0 amide bonds. The van der Waals surface area contributed by atoms with Crippen molar-refractivity contribution in [3.63, 3.8) is 0 Å². The molecule has 6 nitrogen and oxygen atoms in total. The number of anilines is 1. The number of benzene rings is 2. The quantitative estimate of drug-likeness (QED) is 0.576. The Labute approximate surface area is 139 Å². The highest BCUT2D eigenvalue weighted by atomic mass is 16.7. The van der Waals surface area contributed by atoms with E-state index >= 15 is 0 Å². The van der Waals surface area contributed by atoms with Gasteiger partial charge in [-0.25, -0.2) is 4.98 Å². The standard InChI is InChI=1S/C18H19N3O3/c1-12-20-15-9-17-18(24-11-23-17)10-16(15)21(12)7-2-8-22-14-5-3-13(19)4-6-14/h3-6,9-10H,2,7-8,11,19H2,1H3. The molecule has 2 N–H and O–H groups in total. The summed E-state index contributed by atoms with van der Waals surface area (Å²) in [7, 11) is 0. The highest BCUT2D eigenvalue weighted by molar-refractivity contribution is 5.81. The van der Waals surface area contributed by atoms with Crippen molar-refractivity contribution in [2.24, 2.45) is 0 Å².